The normalized spacial score (nSPS) is 12.0. The van der Waals surface area contributed by atoms with Crippen molar-refractivity contribution in [2.24, 2.45) is 0 Å². The predicted molar refractivity (Wildman–Crippen MR) is 93.4 cm³/mol. The van der Waals surface area contributed by atoms with Gasteiger partial charge in [0.2, 0.25) is 0 Å². The zero-order valence-corrected chi connectivity index (χ0v) is 14.6. The molecule has 2 aromatic rings. The van der Waals surface area contributed by atoms with Gasteiger partial charge in [0.15, 0.2) is 6.10 Å². The number of carbonyl (C=O) groups is 1. The first-order valence-corrected chi connectivity index (χ1v) is 8.08. The van der Waals surface area contributed by atoms with Crippen LogP contribution < -0.4 is 10.1 Å². The smallest absolute Gasteiger partial charge is 0.265 e. The van der Waals surface area contributed by atoms with E-state index in [0.29, 0.717) is 11.7 Å². The number of amides is 1. The van der Waals surface area contributed by atoms with Crippen LogP contribution in [0.3, 0.4) is 0 Å². The van der Waals surface area contributed by atoms with Crippen molar-refractivity contribution >= 4 is 27.5 Å². The second kappa shape index (κ2) is 7.45. The van der Waals surface area contributed by atoms with Crippen molar-refractivity contribution in [1.82, 2.24) is 0 Å². The molecule has 116 valence electrons. The average Bonchev–Trinajstić information content (AvgIpc) is 2.50. The second-order valence-electron chi connectivity index (χ2n) is 5.48. The van der Waals surface area contributed by atoms with Gasteiger partial charge in [0.1, 0.15) is 5.75 Å². The molecule has 0 saturated heterocycles. The Balaban J connectivity index is 1.94. The van der Waals surface area contributed by atoms with Crippen LogP contribution in [0.1, 0.15) is 32.3 Å². The summed E-state index contributed by atoms with van der Waals surface area (Å²) in [7, 11) is 0. The van der Waals surface area contributed by atoms with Crippen LogP contribution in [0.2, 0.25) is 0 Å². The lowest BCUT2D eigenvalue weighted by atomic mass is 10.0. The highest BCUT2D eigenvalue weighted by atomic mass is 79.9. The summed E-state index contributed by atoms with van der Waals surface area (Å²) < 4.78 is 6.66. The fourth-order valence-corrected chi connectivity index (χ4v) is 2.23. The Labute approximate surface area is 139 Å². The monoisotopic (exact) mass is 361 g/mol. The van der Waals surface area contributed by atoms with E-state index in [9.17, 15) is 4.79 Å². The lowest BCUT2D eigenvalue weighted by Crippen LogP contribution is -2.30. The lowest BCUT2D eigenvalue weighted by Gasteiger charge is -2.15. The van der Waals surface area contributed by atoms with Gasteiger partial charge in [-0.25, -0.2) is 0 Å². The van der Waals surface area contributed by atoms with Gasteiger partial charge in [0, 0.05) is 10.2 Å². The number of hydrogen-bond acceptors (Lipinski definition) is 2. The van der Waals surface area contributed by atoms with Crippen LogP contribution in [-0.4, -0.2) is 12.0 Å². The van der Waals surface area contributed by atoms with E-state index in [1.165, 1.54) is 5.56 Å². The van der Waals surface area contributed by atoms with Crippen molar-refractivity contribution in [3.63, 3.8) is 0 Å². The average molecular weight is 362 g/mol. The molecule has 0 aliphatic heterocycles. The summed E-state index contributed by atoms with van der Waals surface area (Å²) in [6.45, 7) is 6.03. The molecule has 0 radical (unpaired) electrons. The zero-order valence-electron chi connectivity index (χ0n) is 13.0. The third-order valence-corrected chi connectivity index (χ3v) is 3.87. The van der Waals surface area contributed by atoms with E-state index in [2.05, 4.69) is 35.1 Å². The molecule has 0 saturated carbocycles. The van der Waals surface area contributed by atoms with Gasteiger partial charge in [-0.3, -0.25) is 4.79 Å². The number of benzene rings is 2. The van der Waals surface area contributed by atoms with Crippen LogP contribution in [0, 0.1) is 0 Å². The maximum Gasteiger partial charge on any atom is 0.265 e. The van der Waals surface area contributed by atoms with Crippen LogP contribution in [0.15, 0.2) is 53.0 Å². The van der Waals surface area contributed by atoms with E-state index < -0.39 is 6.10 Å². The highest BCUT2D eigenvalue weighted by Crippen LogP contribution is 2.20. The molecule has 0 aromatic heterocycles. The maximum atomic E-state index is 12.1. The van der Waals surface area contributed by atoms with Crippen LogP contribution >= 0.6 is 15.9 Å². The molecule has 0 heterocycles. The van der Waals surface area contributed by atoms with E-state index in [0.717, 1.165) is 10.2 Å². The number of anilines is 1. The highest BCUT2D eigenvalue weighted by Gasteiger charge is 2.15. The number of carbonyl (C=O) groups excluding carboxylic acids is 1. The summed E-state index contributed by atoms with van der Waals surface area (Å²) in [4.78, 5) is 12.1. The molecule has 1 atom stereocenters. The number of nitrogens with one attached hydrogen (secondary N) is 1. The van der Waals surface area contributed by atoms with E-state index in [-0.39, 0.29) is 5.91 Å². The van der Waals surface area contributed by atoms with Gasteiger partial charge in [0.25, 0.3) is 5.91 Å². The van der Waals surface area contributed by atoms with Crippen molar-refractivity contribution < 1.29 is 9.53 Å². The molecule has 0 spiro atoms. The Morgan fingerprint density at radius 1 is 1.00 bits per heavy atom. The van der Waals surface area contributed by atoms with Crippen LogP contribution in [-0.2, 0) is 4.79 Å². The maximum absolute atomic E-state index is 12.1. The molecule has 1 unspecified atom stereocenters. The zero-order chi connectivity index (χ0) is 16.1. The van der Waals surface area contributed by atoms with Gasteiger partial charge >= 0.3 is 0 Å². The molecule has 0 aliphatic rings. The second-order valence-corrected chi connectivity index (χ2v) is 6.40. The fourth-order valence-electron chi connectivity index (χ4n) is 1.97. The van der Waals surface area contributed by atoms with Crippen molar-refractivity contribution in [2.75, 3.05) is 5.32 Å². The molecule has 0 aliphatic carbocycles. The summed E-state index contributed by atoms with van der Waals surface area (Å²) in [5.41, 5.74) is 2.00. The topological polar surface area (TPSA) is 38.3 Å². The van der Waals surface area contributed by atoms with Crippen molar-refractivity contribution in [2.45, 2.75) is 32.8 Å². The number of hydrogen-bond donors (Lipinski definition) is 1. The first kappa shape index (κ1) is 16.6. The van der Waals surface area contributed by atoms with Crippen molar-refractivity contribution in [3.8, 4) is 5.75 Å². The molecule has 2 aromatic carbocycles. The molecule has 1 amide bonds. The Morgan fingerprint density at radius 2 is 1.59 bits per heavy atom. The van der Waals surface area contributed by atoms with Gasteiger partial charge in [0.05, 0.1) is 0 Å². The lowest BCUT2D eigenvalue weighted by molar-refractivity contribution is -0.122. The van der Waals surface area contributed by atoms with Crippen LogP contribution in [0.4, 0.5) is 5.69 Å². The summed E-state index contributed by atoms with van der Waals surface area (Å²) in [6, 6.07) is 15.3. The summed E-state index contributed by atoms with van der Waals surface area (Å²) in [5.74, 6) is 1.00. The Hall–Kier alpha value is -1.81. The molecular formula is C18H20BrNO2. The number of ether oxygens (including phenoxy) is 1. The third-order valence-electron chi connectivity index (χ3n) is 3.34. The van der Waals surface area contributed by atoms with Gasteiger partial charge in [-0.15, -0.1) is 0 Å². The minimum Gasteiger partial charge on any atom is -0.481 e. The first-order chi connectivity index (χ1) is 10.5. The summed E-state index contributed by atoms with van der Waals surface area (Å²) in [5, 5.41) is 2.83. The summed E-state index contributed by atoms with van der Waals surface area (Å²) in [6.07, 6.45) is -0.562. The van der Waals surface area contributed by atoms with Gasteiger partial charge in [-0.05, 0) is 54.8 Å². The Kier molecular flexibility index (Phi) is 5.61. The largest absolute Gasteiger partial charge is 0.481 e. The Morgan fingerprint density at radius 3 is 2.14 bits per heavy atom. The van der Waals surface area contributed by atoms with Crippen LogP contribution in [0.25, 0.3) is 0 Å². The molecule has 0 fully saturated rings. The molecule has 4 heteroatoms. The van der Waals surface area contributed by atoms with E-state index in [4.69, 9.17) is 4.74 Å². The van der Waals surface area contributed by atoms with Gasteiger partial charge in [-0.2, -0.15) is 0 Å². The van der Waals surface area contributed by atoms with Crippen molar-refractivity contribution in [1.29, 1.82) is 0 Å². The molecule has 22 heavy (non-hydrogen) atoms. The van der Waals surface area contributed by atoms with E-state index in [1.807, 2.05) is 48.5 Å². The van der Waals surface area contributed by atoms with Gasteiger partial charge in [-0.1, -0.05) is 41.9 Å². The summed E-state index contributed by atoms with van der Waals surface area (Å²) >= 11 is 3.36. The molecule has 1 N–H and O–H groups in total. The number of halogens is 1. The third kappa shape index (κ3) is 4.60. The van der Waals surface area contributed by atoms with Gasteiger partial charge < -0.3 is 10.1 Å². The number of rotatable bonds is 5. The fraction of sp³-hybridized carbons (Fsp3) is 0.278. The minimum atomic E-state index is -0.562. The standard InChI is InChI=1S/C18H20BrNO2/c1-12(2)14-4-10-17(11-5-14)22-13(3)18(21)20-16-8-6-15(19)7-9-16/h4-13H,1-3H3,(H,20,21). The molecule has 2 rings (SSSR count). The minimum absolute atomic E-state index is 0.171. The highest BCUT2D eigenvalue weighted by molar-refractivity contribution is 9.10. The van der Waals surface area contributed by atoms with Crippen LogP contribution in [0.5, 0.6) is 5.75 Å². The van der Waals surface area contributed by atoms with E-state index in [1.54, 1.807) is 6.92 Å². The SMILES string of the molecule is CC(Oc1ccc(C(C)C)cc1)C(=O)Nc1ccc(Br)cc1. The molecular weight excluding hydrogens is 342 g/mol. The van der Waals surface area contributed by atoms with Crippen molar-refractivity contribution in [3.05, 3.63) is 58.6 Å². The Bertz CT molecular complexity index is 621. The first-order valence-electron chi connectivity index (χ1n) is 7.29. The predicted octanol–water partition coefficient (Wildman–Crippen LogP) is 4.98. The van der Waals surface area contributed by atoms with E-state index >= 15 is 0 Å². The quantitative estimate of drug-likeness (QED) is 0.815. The molecule has 0 bridgehead atoms. The molecule has 3 nitrogen and oxygen atoms in total.